The second kappa shape index (κ2) is 7.40. The molecular weight excluding hydrogens is 384 g/mol. The van der Waals surface area contributed by atoms with E-state index in [1.54, 1.807) is 18.3 Å². The van der Waals surface area contributed by atoms with Gasteiger partial charge in [-0.05, 0) is 42.8 Å². The Hall–Kier alpha value is -2.80. The van der Waals surface area contributed by atoms with Gasteiger partial charge >= 0.3 is 0 Å². The summed E-state index contributed by atoms with van der Waals surface area (Å²) in [5.41, 5.74) is 2.12. The fourth-order valence-electron chi connectivity index (χ4n) is 2.26. The smallest absolute Gasteiger partial charge is 0.267 e. The van der Waals surface area contributed by atoms with Gasteiger partial charge in [-0.3, -0.25) is 9.59 Å². The number of rotatable bonds is 4. The predicted octanol–water partition coefficient (Wildman–Crippen LogP) is 3.01. The standard InChI is InChI=1S/C18H15BrN4O2/c1-12-8-9-20-16(10-12)21-17(24)11-23-18(25)7-6-15(22-23)13-2-4-14(19)5-3-13/h2-10H,11H2,1H3,(H,20,21,24). The number of hydrogen-bond donors (Lipinski definition) is 1. The number of anilines is 1. The van der Waals surface area contributed by atoms with Gasteiger partial charge in [0.2, 0.25) is 5.91 Å². The number of aromatic nitrogens is 3. The third kappa shape index (κ3) is 4.39. The Kier molecular flexibility index (Phi) is 5.04. The summed E-state index contributed by atoms with van der Waals surface area (Å²) < 4.78 is 2.09. The van der Waals surface area contributed by atoms with Crippen molar-refractivity contribution in [3.63, 3.8) is 0 Å². The Balaban J connectivity index is 1.80. The minimum atomic E-state index is -0.361. The summed E-state index contributed by atoms with van der Waals surface area (Å²) in [6.07, 6.45) is 1.61. The maximum Gasteiger partial charge on any atom is 0.267 e. The first-order valence-corrected chi connectivity index (χ1v) is 8.37. The highest BCUT2D eigenvalue weighted by Crippen LogP contribution is 2.18. The molecule has 2 heterocycles. The van der Waals surface area contributed by atoms with Crippen molar-refractivity contribution >= 4 is 27.7 Å². The molecule has 0 radical (unpaired) electrons. The van der Waals surface area contributed by atoms with Crippen LogP contribution in [0.1, 0.15) is 5.56 Å². The van der Waals surface area contributed by atoms with Gasteiger partial charge in [-0.15, -0.1) is 0 Å². The fraction of sp³-hybridized carbons (Fsp3) is 0.111. The lowest BCUT2D eigenvalue weighted by Gasteiger charge is -2.08. The molecule has 0 bridgehead atoms. The Morgan fingerprint density at radius 3 is 2.64 bits per heavy atom. The number of halogens is 1. The van der Waals surface area contributed by atoms with Crippen molar-refractivity contribution < 1.29 is 4.79 Å². The highest BCUT2D eigenvalue weighted by atomic mass is 79.9. The maximum absolute atomic E-state index is 12.2. The summed E-state index contributed by atoms with van der Waals surface area (Å²) in [7, 11) is 0. The van der Waals surface area contributed by atoms with Crippen molar-refractivity contribution in [2.45, 2.75) is 13.5 Å². The van der Waals surface area contributed by atoms with Crippen molar-refractivity contribution in [2.75, 3.05) is 5.32 Å². The third-order valence-electron chi connectivity index (χ3n) is 3.48. The average molecular weight is 399 g/mol. The van der Waals surface area contributed by atoms with Crippen molar-refractivity contribution in [1.29, 1.82) is 0 Å². The van der Waals surface area contributed by atoms with Crippen LogP contribution in [0.2, 0.25) is 0 Å². The van der Waals surface area contributed by atoms with Crippen LogP contribution in [0.4, 0.5) is 5.82 Å². The van der Waals surface area contributed by atoms with Gasteiger partial charge in [-0.2, -0.15) is 5.10 Å². The van der Waals surface area contributed by atoms with E-state index in [4.69, 9.17) is 0 Å². The fourth-order valence-corrected chi connectivity index (χ4v) is 2.52. The highest BCUT2D eigenvalue weighted by Gasteiger charge is 2.09. The van der Waals surface area contributed by atoms with Crippen molar-refractivity contribution in [1.82, 2.24) is 14.8 Å². The number of pyridine rings is 1. The Morgan fingerprint density at radius 2 is 1.92 bits per heavy atom. The number of carbonyl (C=O) groups excluding carboxylic acids is 1. The van der Waals surface area contributed by atoms with Crippen molar-refractivity contribution in [3.05, 3.63) is 75.1 Å². The van der Waals surface area contributed by atoms with Gasteiger partial charge < -0.3 is 5.32 Å². The third-order valence-corrected chi connectivity index (χ3v) is 4.01. The molecule has 25 heavy (non-hydrogen) atoms. The Bertz CT molecular complexity index is 967. The van der Waals surface area contributed by atoms with E-state index in [0.717, 1.165) is 20.3 Å². The molecule has 1 N–H and O–H groups in total. The first-order valence-electron chi connectivity index (χ1n) is 7.58. The molecule has 0 atom stereocenters. The normalized spacial score (nSPS) is 10.5. The molecule has 1 aromatic carbocycles. The van der Waals surface area contributed by atoms with Crippen LogP contribution in [0.3, 0.4) is 0 Å². The molecule has 126 valence electrons. The van der Waals surface area contributed by atoms with Gasteiger partial charge in [-0.1, -0.05) is 28.1 Å². The molecule has 0 aliphatic carbocycles. The Labute approximate surface area is 152 Å². The van der Waals surface area contributed by atoms with Crippen LogP contribution >= 0.6 is 15.9 Å². The molecule has 0 aliphatic heterocycles. The number of hydrogen-bond acceptors (Lipinski definition) is 4. The van der Waals surface area contributed by atoms with E-state index in [0.29, 0.717) is 11.5 Å². The van der Waals surface area contributed by atoms with E-state index in [-0.39, 0.29) is 18.0 Å². The maximum atomic E-state index is 12.2. The van der Waals surface area contributed by atoms with Crippen LogP contribution in [-0.2, 0) is 11.3 Å². The lowest BCUT2D eigenvalue weighted by molar-refractivity contribution is -0.117. The molecule has 0 aliphatic rings. The molecule has 2 aromatic heterocycles. The summed E-state index contributed by atoms with van der Waals surface area (Å²) in [5.74, 6) is 0.0859. The number of aryl methyl sites for hydroxylation is 1. The molecular formula is C18H15BrN4O2. The minimum Gasteiger partial charge on any atom is -0.309 e. The largest absolute Gasteiger partial charge is 0.309 e. The second-order valence-electron chi connectivity index (χ2n) is 5.49. The number of amides is 1. The van der Waals surface area contributed by atoms with Gasteiger partial charge in [0.15, 0.2) is 0 Å². The van der Waals surface area contributed by atoms with Crippen LogP contribution in [0, 0.1) is 6.92 Å². The summed E-state index contributed by atoms with van der Waals surface area (Å²) >= 11 is 3.38. The van der Waals surface area contributed by atoms with Crippen LogP contribution in [-0.4, -0.2) is 20.7 Å². The molecule has 0 spiro atoms. The zero-order valence-electron chi connectivity index (χ0n) is 13.4. The van der Waals surface area contributed by atoms with E-state index < -0.39 is 0 Å². The summed E-state index contributed by atoms with van der Waals surface area (Å²) in [4.78, 5) is 28.2. The van der Waals surface area contributed by atoms with Crippen LogP contribution in [0.5, 0.6) is 0 Å². The summed E-state index contributed by atoms with van der Waals surface area (Å²) in [5, 5.41) is 6.95. The monoisotopic (exact) mass is 398 g/mol. The number of carbonyl (C=O) groups is 1. The number of nitrogens with one attached hydrogen (secondary N) is 1. The molecule has 3 rings (SSSR count). The van der Waals surface area contributed by atoms with E-state index >= 15 is 0 Å². The molecule has 6 nitrogen and oxygen atoms in total. The number of nitrogens with zero attached hydrogens (tertiary/aromatic N) is 3. The SMILES string of the molecule is Cc1ccnc(NC(=O)Cn2nc(-c3ccc(Br)cc3)ccc2=O)c1. The number of benzene rings is 1. The highest BCUT2D eigenvalue weighted by molar-refractivity contribution is 9.10. The second-order valence-corrected chi connectivity index (χ2v) is 6.40. The van der Waals surface area contributed by atoms with E-state index in [2.05, 4.69) is 31.3 Å². The van der Waals surface area contributed by atoms with Gasteiger partial charge in [0.1, 0.15) is 12.4 Å². The zero-order chi connectivity index (χ0) is 17.8. The van der Waals surface area contributed by atoms with Crippen LogP contribution < -0.4 is 10.9 Å². The predicted molar refractivity (Wildman–Crippen MR) is 99.2 cm³/mol. The first-order chi connectivity index (χ1) is 12.0. The molecule has 0 fully saturated rings. The van der Waals surface area contributed by atoms with Gasteiger partial charge in [0.05, 0.1) is 5.69 Å². The van der Waals surface area contributed by atoms with Gasteiger partial charge in [0, 0.05) is 22.3 Å². The molecule has 0 unspecified atom stereocenters. The van der Waals surface area contributed by atoms with Crippen molar-refractivity contribution in [3.8, 4) is 11.3 Å². The van der Waals surface area contributed by atoms with E-state index in [9.17, 15) is 9.59 Å². The van der Waals surface area contributed by atoms with Gasteiger partial charge in [-0.25, -0.2) is 9.67 Å². The molecule has 1 amide bonds. The molecule has 0 saturated carbocycles. The topological polar surface area (TPSA) is 76.9 Å². The Morgan fingerprint density at radius 1 is 1.16 bits per heavy atom. The minimum absolute atomic E-state index is 0.182. The molecule has 0 saturated heterocycles. The quantitative estimate of drug-likeness (QED) is 0.732. The molecule has 7 heteroatoms. The van der Waals surface area contributed by atoms with Crippen LogP contribution in [0.15, 0.2) is 64.0 Å². The van der Waals surface area contributed by atoms with E-state index in [1.807, 2.05) is 37.3 Å². The lowest BCUT2D eigenvalue weighted by atomic mass is 10.1. The van der Waals surface area contributed by atoms with Crippen LogP contribution in [0.25, 0.3) is 11.3 Å². The van der Waals surface area contributed by atoms with Gasteiger partial charge in [0.25, 0.3) is 5.56 Å². The lowest BCUT2D eigenvalue weighted by Crippen LogP contribution is -2.29. The van der Waals surface area contributed by atoms with Crippen molar-refractivity contribution in [2.24, 2.45) is 0 Å². The summed E-state index contributed by atoms with van der Waals surface area (Å²) in [6.45, 7) is 1.73. The molecule has 3 aromatic rings. The zero-order valence-corrected chi connectivity index (χ0v) is 15.0. The average Bonchev–Trinajstić information content (AvgIpc) is 2.57. The summed E-state index contributed by atoms with van der Waals surface area (Å²) in [6, 6.07) is 14.2. The first kappa shape index (κ1) is 17.0. The van der Waals surface area contributed by atoms with E-state index in [1.165, 1.54) is 6.07 Å².